The van der Waals surface area contributed by atoms with Crippen LogP contribution in [0.1, 0.15) is 27.0 Å². The smallest absolute Gasteiger partial charge is 0.344 e. The molecule has 3 N–H and O–H groups in total. The number of hydrogen-bond donors (Lipinski definition) is 2. The molecule has 3 aromatic rings. The van der Waals surface area contributed by atoms with Crippen LogP contribution in [-0.4, -0.2) is 30.0 Å². The topological polar surface area (TPSA) is 104 Å². The number of hydrogen-bond acceptors (Lipinski definition) is 6. The number of carbonyl (C=O) groups is 2. The van der Waals surface area contributed by atoms with Crippen molar-refractivity contribution in [3.63, 3.8) is 0 Å². The monoisotopic (exact) mass is 437 g/mol. The Bertz CT molecular complexity index is 1070. The molecule has 32 heavy (non-hydrogen) atoms. The van der Waals surface area contributed by atoms with Gasteiger partial charge in [0.05, 0.1) is 5.56 Å². The van der Waals surface area contributed by atoms with E-state index < -0.39 is 11.8 Å². The molecule has 1 aromatic heterocycles. The maximum Gasteiger partial charge on any atom is 0.344 e. The Morgan fingerprint density at radius 2 is 1.81 bits per heavy atom. The number of amides is 1. The molecule has 0 aliphatic carbocycles. The minimum atomic E-state index is -0.639. The normalized spacial score (nSPS) is 10.4. The summed E-state index contributed by atoms with van der Waals surface area (Å²) in [4.78, 5) is 28.9. The molecule has 0 saturated carbocycles. The minimum Gasteiger partial charge on any atom is -0.482 e. The van der Waals surface area contributed by atoms with Crippen LogP contribution in [0, 0.1) is 12.7 Å². The Balaban J connectivity index is 1.59. The van der Waals surface area contributed by atoms with Crippen LogP contribution in [0.2, 0.25) is 0 Å². The lowest BCUT2D eigenvalue weighted by molar-refractivity contribution is -0.147. The van der Waals surface area contributed by atoms with Gasteiger partial charge < -0.3 is 20.5 Å². The van der Waals surface area contributed by atoms with Crippen molar-refractivity contribution in [2.24, 2.45) is 0 Å². The van der Waals surface area contributed by atoms with Crippen LogP contribution in [0.3, 0.4) is 0 Å². The number of anilines is 1. The number of aryl methyl sites for hydroxylation is 1. The number of ether oxygens (including phenoxy) is 2. The van der Waals surface area contributed by atoms with Gasteiger partial charge in [-0.1, -0.05) is 30.3 Å². The number of nitrogens with two attached hydrogens (primary N) is 1. The predicted octanol–water partition coefficient (Wildman–Crippen LogP) is 3.21. The highest BCUT2D eigenvalue weighted by Gasteiger charge is 2.19. The zero-order chi connectivity index (χ0) is 22.9. The third-order valence-corrected chi connectivity index (χ3v) is 4.75. The van der Waals surface area contributed by atoms with Crippen LogP contribution in [0.15, 0.2) is 60.8 Å². The van der Waals surface area contributed by atoms with Crippen LogP contribution in [0.4, 0.5) is 10.2 Å². The van der Waals surface area contributed by atoms with Crippen molar-refractivity contribution in [1.82, 2.24) is 10.3 Å². The second kappa shape index (κ2) is 10.9. The predicted molar refractivity (Wildman–Crippen MR) is 118 cm³/mol. The lowest BCUT2D eigenvalue weighted by Gasteiger charge is -2.15. The Kier molecular flexibility index (Phi) is 7.75. The Morgan fingerprint density at radius 1 is 1.09 bits per heavy atom. The first kappa shape index (κ1) is 22.7. The molecule has 1 amide bonds. The summed E-state index contributed by atoms with van der Waals surface area (Å²) in [7, 11) is 0. The number of carbonyl (C=O) groups excluding carboxylic acids is 2. The van der Waals surface area contributed by atoms with Gasteiger partial charge in [0.1, 0.15) is 24.0 Å². The van der Waals surface area contributed by atoms with Crippen molar-refractivity contribution in [2.75, 3.05) is 18.9 Å². The minimum absolute atomic E-state index is 0.0569. The van der Waals surface area contributed by atoms with E-state index in [9.17, 15) is 14.0 Å². The standard InChI is InChI=1S/C24H24FN3O4/c1-16-13-28-23(26)22(24(30)27-12-11-17-5-3-2-4-6-17)20(16)14-32-21(29)15-31-19-9-7-18(25)8-10-19/h2-10,13H,11-12,14-15H2,1H3,(H2,26,28)(H,27,30). The second-order valence-corrected chi connectivity index (χ2v) is 7.07. The van der Waals surface area contributed by atoms with Crippen LogP contribution in [0.25, 0.3) is 0 Å². The molecule has 0 spiro atoms. The molecule has 1 heterocycles. The molecule has 8 heteroatoms. The molecule has 0 radical (unpaired) electrons. The number of aromatic nitrogens is 1. The molecule has 0 unspecified atom stereocenters. The van der Waals surface area contributed by atoms with Gasteiger partial charge >= 0.3 is 5.97 Å². The summed E-state index contributed by atoms with van der Waals surface area (Å²) in [6, 6.07) is 15.0. The number of pyridine rings is 1. The van der Waals surface area contributed by atoms with Crippen molar-refractivity contribution >= 4 is 17.7 Å². The fourth-order valence-corrected chi connectivity index (χ4v) is 3.02. The molecule has 2 aromatic carbocycles. The number of esters is 1. The van der Waals surface area contributed by atoms with Crippen molar-refractivity contribution in [1.29, 1.82) is 0 Å². The van der Waals surface area contributed by atoms with E-state index in [1.807, 2.05) is 30.3 Å². The van der Waals surface area contributed by atoms with Gasteiger partial charge in [-0.3, -0.25) is 4.79 Å². The maximum absolute atomic E-state index is 12.9. The van der Waals surface area contributed by atoms with Crippen molar-refractivity contribution < 1.29 is 23.5 Å². The van der Waals surface area contributed by atoms with Crippen molar-refractivity contribution in [3.8, 4) is 5.75 Å². The summed E-state index contributed by atoms with van der Waals surface area (Å²) in [5.41, 5.74) is 8.38. The van der Waals surface area contributed by atoms with E-state index in [2.05, 4.69) is 10.3 Å². The number of nitrogens with zero attached hydrogens (tertiary/aromatic N) is 1. The molecular weight excluding hydrogens is 413 g/mol. The fourth-order valence-electron chi connectivity index (χ4n) is 3.02. The first-order chi connectivity index (χ1) is 15.4. The highest BCUT2D eigenvalue weighted by molar-refractivity contribution is 6.00. The largest absolute Gasteiger partial charge is 0.482 e. The Labute approximate surface area is 185 Å². The van der Waals surface area contributed by atoms with Gasteiger partial charge in [-0.15, -0.1) is 0 Å². The number of rotatable bonds is 9. The number of halogens is 1. The highest BCUT2D eigenvalue weighted by atomic mass is 19.1. The van der Waals surface area contributed by atoms with Crippen LogP contribution in [-0.2, 0) is 22.6 Å². The van der Waals surface area contributed by atoms with Gasteiger partial charge in [-0.25, -0.2) is 14.2 Å². The molecule has 0 fully saturated rings. The zero-order valence-electron chi connectivity index (χ0n) is 17.6. The molecule has 7 nitrogen and oxygen atoms in total. The van der Waals surface area contributed by atoms with E-state index in [1.165, 1.54) is 30.5 Å². The maximum atomic E-state index is 12.9. The molecule has 166 valence electrons. The van der Waals surface area contributed by atoms with E-state index in [0.29, 0.717) is 29.8 Å². The third-order valence-electron chi connectivity index (χ3n) is 4.75. The first-order valence-electron chi connectivity index (χ1n) is 10.0. The van der Waals surface area contributed by atoms with Crippen molar-refractivity contribution in [2.45, 2.75) is 20.0 Å². The number of benzene rings is 2. The molecule has 0 aliphatic rings. The van der Waals surface area contributed by atoms with Gasteiger partial charge in [0.25, 0.3) is 5.91 Å². The van der Waals surface area contributed by atoms with E-state index in [-0.39, 0.29) is 30.5 Å². The molecule has 0 aliphatic heterocycles. The lowest BCUT2D eigenvalue weighted by atomic mass is 10.0. The van der Waals surface area contributed by atoms with Gasteiger partial charge in [0, 0.05) is 18.3 Å². The van der Waals surface area contributed by atoms with E-state index >= 15 is 0 Å². The summed E-state index contributed by atoms with van der Waals surface area (Å²) >= 11 is 0. The lowest BCUT2D eigenvalue weighted by Crippen LogP contribution is -2.28. The van der Waals surface area contributed by atoms with E-state index in [0.717, 1.165) is 5.56 Å². The summed E-state index contributed by atoms with van der Waals surface area (Å²) in [6.07, 6.45) is 2.19. The summed E-state index contributed by atoms with van der Waals surface area (Å²) < 4.78 is 23.5. The third kappa shape index (κ3) is 6.28. The van der Waals surface area contributed by atoms with Crippen LogP contribution < -0.4 is 15.8 Å². The average molecular weight is 437 g/mol. The molecule has 0 atom stereocenters. The van der Waals surface area contributed by atoms with E-state index in [4.69, 9.17) is 15.2 Å². The summed E-state index contributed by atoms with van der Waals surface area (Å²) in [6.45, 7) is 1.65. The molecule has 0 saturated heterocycles. The SMILES string of the molecule is Cc1cnc(N)c(C(=O)NCCc2ccccc2)c1COC(=O)COc1ccc(F)cc1. The van der Waals surface area contributed by atoms with Gasteiger partial charge in [-0.05, 0) is 48.7 Å². The van der Waals surface area contributed by atoms with Gasteiger partial charge in [0.15, 0.2) is 6.61 Å². The highest BCUT2D eigenvalue weighted by Crippen LogP contribution is 2.20. The molecule has 3 rings (SSSR count). The number of nitrogens with one attached hydrogen (secondary N) is 1. The zero-order valence-corrected chi connectivity index (χ0v) is 17.6. The quantitative estimate of drug-likeness (QED) is 0.498. The Morgan fingerprint density at radius 3 is 2.53 bits per heavy atom. The fraction of sp³-hybridized carbons (Fsp3) is 0.208. The Hall–Kier alpha value is -3.94. The summed E-state index contributed by atoms with van der Waals surface area (Å²) in [5.74, 6) is -1.03. The van der Waals surface area contributed by atoms with E-state index in [1.54, 1.807) is 6.92 Å². The van der Waals surface area contributed by atoms with Gasteiger partial charge in [-0.2, -0.15) is 0 Å². The molecular formula is C24H24FN3O4. The van der Waals surface area contributed by atoms with Crippen LogP contribution in [0.5, 0.6) is 5.75 Å². The second-order valence-electron chi connectivity index (χ2n) is 7.07. The van der Waals surface area contributed by atoms with Crippen molar-refractivity contribution in [3.05, 3.63) is 88.9 Å². The molecule has 0 bridgehead atoms. The van der Waals surface area contributed by atoms with Crippen LogP contribution >= 0.6 is 0 Å². The van der Waals surface area contributed by atoms with Gasteiger partial charge in [0.2, 0.25) is 0 Å². The average Bonchev–Trinajstić information content (AvgIpc) is 2.79. The number of nitrogen functional groups attached to an aromatic ring is 1. The summed E-state index contributed by atoms with van der Waals surface area (Å²) in [5, 5.41) is 2.84. The first-order valence-corrected chi connectivity index (χ1v) is 10.0.